The summed E-state index contributed by atoms with van der Waals surface area (Å²) in [5, 5.41) is 9.45. The van der Waals surface area contributed by atoms with Crippen LogP contribution in [-0.2, 0) is 33.4 Å². The monoisotopic (exact) mass is 651 g/mol. The number of hydrogen-bond acceptors (Lipinski definition) is 11. The number of rotatable bonds is 19. The summed E-state index contributed by atoms with van der Waals surface area (Å²) in [7, 11) is 1.54. The number of benzene rings is 2. The van der Waals surface area contributed by atoms with E-state index < -0.39 is 23.9 Å². The number of aliphatic hydroxyl groups is 1. The lowest BCUT2D eigenvalue weighted by molar-refractivity contribution is -0.177. The molecule has 1 aliphatic heterocycles. The van der Waals surface area contributed by atoms with Crippen LogP contribution in [-0.4, -0.2) is 86.0 Å². The smallest absolute Gasteiger partial charge is 0.496 e. The molecule has 2 atom stereocenters. The van der Waals surface area contributed by atoms with E-state index in [1.807, 2.05) is 19.1 Å². The van der Waals surface area contributed by atoms with Crippen molar-refractivity contribution in [1.29, 1.82) is 0 Å². The van der Waals surface area contributed by atoms with Gasteiger partial charge in [-0.05, 0) is 60.6 Å². The number of carbonyl (C=O) groups excluding carboxylic acids is 5. The van der Waals surface area contributed by atoms with Crippen molar-refractivity contribution in [2.24, 2.45) is 0 Å². The minimum atomic E-state index is -1.21. The third kappa shape index (κ3) is 9.34. The molecule has 252 valence electrons. The Hall–Kier alpha value is -4.39. The molecule has 2 aromatic rings. The number of amides is 2. The highest BCUT2D eigenvalue weighted by Gasteiger charge is 2.35. The SMILES string of the molecule is C=C(COC)OCCCC(=O)c1ccc2c(c1)C(COC(=O)ON1C(=O)CCC1=O)c1cc(C(=O)CCCOC(C)CCO)ccc1-2. The maximum absolute atomic E-state index is 13.1. The Balaban J connectivity index is 1.49. The standard InChI is InChI=1S/C35H41NO11/c1-22(14-15-37)44-16-4-6-31(38)24-8-10-26-27-11-9-25(32(39)7-5-17-45-23(2)20-43-3)19-29(27)30(28(26)18-24)21-46-35(42)47-36-33(40)12-13-34(36)41/h8-11,18-19,22,30,37H,2,4-7,12-17,20-21H2,1,3H3. The number of fused-ring (bicyclic) bond motifs is 3. The van der Waals surface area contributed by atoms with Gasteiger partial charge >= 0.3 is 6.16 Å². The molecule has 12 heteroatoms. The summed E-state index contributed by atoms with van der Waals surface area (Å²) in [4.78, 5) is 67.5. The molecule has 12 nitrogen and oxygen atoms in total. The number of aliphatic hydroxyl groups excluding tert-OH is 1. The van der Waals surface area contributed by atoms with E-state index in [4.69, 9.17) is 28.9 Å². The number of ether oxygens (including phenoxy) is 4. The number of ketones is 2. The van der Waals surface area contributed by atoms with Crippen LogP contribution in [0.5, 0.6) is 0 Å². The molecule has 1 N–H and O–H groups in total. The summed E-state index contributed by atoms with van der Waals surface area (Å²) in [5.74, 6) is -1.51. The number of Topliss-reactive ketones (excluding diaryl/α,β-unsaturated/α-hetero) is 2. The van der Waals surface area contributed by atoms with Crippen LogP contribution in [0.15, 0.2) is 48.7 Å². The van der Waals surface area contributed by atoms with Crippen molar-refractivity contribution in [3.8, 4) is 11.1 Å². The molecule has 1 aliphatic carbocycles. The van der Waals surface area contributed by atoms with Crippen molar-refractivity contribution in [2.75, 3.05) is 40.1 Å². The first kappa shape index (κ1) is 35.5. The van der Waals surface area contributed by atoms with E-state index in [0.29, 0.717) is 54.4 Å². The van der Waals surface area contributed by atoms with E-state index in [0.717, 1.165) is 22.3 Å². The summed E-state index contributed by atoms with van der Waals surface area (Å²) in [6.07, 6.45) is 0.575. The number of methoxy groups -OCH3 is 1. The number of hydrogen-bond donors (Lipinski definition) is 1. The normalized spacial score (nSPS) is 15.6. The highest BCUT2D eigenvalue weighted by Crippen LogP contribution is 2.46. The Morgan fingerprint density at radius 1 is 0.915 bits per heavy atom. The predicted octanol–water partition coefficient (Wildman–Crippen LogP) is 4.91. The van der Waals surface area contributed by atoms with Gasteiger partial charge in [-0.15, -0.1) is 0 Å². The highest BCUT2D eigenvalue weighted by atomic mass is 16.8. The van der Waals surface area contributed by atoms with Crippen LogP contribution >= 0.6 is 0 Å². The first-order chi connectivity index (χ1) is 22.6. The Bertz CT molecular complexity index is 1480. The van der Waals surface area contributed by atoms with Crippen LogP contribution in [0.3, 0.4) is 0 Å². The molecule has 2 amide bonds. The van der Waals surface area contributed by atoms with Gasteiger partial charge in [-0.3, -0.25) is 24.0 Å². The van der Waals surface area contributed by atoms with Crippen LogP contribution in [0, 0.1) is 0 Å². The Morgan fingerprint density at radius 2 is 1.49 bits per heavy atom. The zero-order chi connectivity index (χ0) is 33.9. The lowest BCUT2D eigenvalue weighted by Gasteiger charge is -2.17. The topological polar surface area (TPSA) is 155 Å². The summed E-state index contributed by atoms with van der Waals surface area (Å²) >= 11 is 0. The molecule has 1 heterocycles. The van der Waals surface area contributed by atoms with Crippen LogP contribution < -0.4 is 0 Å². The second-order valence-corrected chi connectivity index (χ2v) is 11.5. The summed E-state index contributed by atoms with van der Waals surface area (Å²) in [5.41, 5.74) is 4.07. The molecule has 0 bridgehead atoms. The summed E-state index contributed by atoms with van der Waals surface area (Å²) in [6.45, 7) is 6.40. The molecule has 0 saturated carbocycles. The summed E-state index contributed by atoms with van der Waals surface area (Å²) in [6, 6.07) is 10.7. The van der Waals surface area contributed by atoms with Gasteiger partial charge in [0.05, 0.1) is 12.7 Å². The van der Waals surface area contributed by atoms with Crippen molar-refractivity contribution in [2.45, 2.75) is 63.9 Å². The van der Waals surface area contributed by atoms with Gasteiger partial charge in [-0.2, -0.15) is 0 Å². The molecular weight excluding hydrogens is 610 g/mol. The highest BCUT2D eigenvalue weighted by molar-refractivity contribution is 6.01. The lowest BCUT2D eigenvalue weighted by atomic mass is 9.93. The first-order valence-corrected chi connectivity index (χ1v) is 15.7. The molecule has 1 saturated heterocycles. The molecule has 2 aromatic carbocycles. The van der Waals surface area contributed by atoms with Crippen LogP contribution in [0.2, 0.25) is 0 Å². The molecule has 2 unspecified atom stereocenters. The zero-order valence-electron chi connectivity index (χ0n) is 26.8. The third-order valence-electron chi connectivity index (χ3n) is 7.97. The van der Waals surface area contributed by atoms with Crippen LogP contribution in [0.4, 0.5) is 4.79 Å². The number of nitrogens with zero attached hydrogens (tertiary/aromatic N) is 1. The average molecular weight is 652 g/mol. The quantitative estimate of drug-likeness (QED) is 0.0725. The van der Waals surface area contributed by atoms with Gasteiger partial charge in [0.15, 0.2) is 11.6 Å². The minimum absolute atomic E-state index is 0.0329. The molecule has 0 radical (unpaired) electrons. The van der Waals surface area contributed by atoms with Crippen molar-refractivity contribution in [1.82, 2.24) is 5.06 Å². The Labute approximate surface area is 273 Å². The Morgan fingerprint density at radius 3 is 2.04 bits per heavy atom. The fraction of sp³-hybridized carbons (Fsp3) is 0.457. The van der Waals surface area contributed by atoms with Gasteiger partial charge < -0.3 is 24.1 Å². The van der Waals surface area contributed by atoms with E-state index in [-0.39, 0.29) is 63.2 Å². The van der Waals surface area contributed by atoms with E-state index in [9.17, 15) is 24.0 Å². The fourth-order valence-electron chi connectivity index (χ4n) is 5.52. The number of imide groups is 1. The predicted molar refractivity (Wildman–Crippen MR) is 168 cm³/mol. The number of hydroxylamine groups is 2. The van der Waals surface area contributed by atoms with E-state index >= 15 is 0 Å². The molecule has 4 rings (SSSR count). The molecule has 0 spiro atoms. The van der Waals surface area contributed by atoms with Crippen molar-refractivity contribution < 1.29 is 52.9 Å². The fourth-order valence-corrected chi connectivity index (χ4v) is 5.52. The Kier molecular flexibility index (Phi) is 12.8. The molecule has 2 aliphatic rings. The van der Waals surface area contributed by atoms with Gasteiger partial charge in [0.2, 0.25) is 0 Å². The van der Waals surface area contributed by atoms with Crippen molar-refractivity contribution >= 4 is 29.5 Å². The van der Waals surface area contributed by atoms with Gasteiger partial charge in [-0.1, -0.05) is 35.9 Å². The van der Waals surface area contributed by atoms with E-state index in [1.54, 1.807) is 31.4 Å². The molecule has 1 fully saturated rings. The minimum Gasteiger partial charge on any atom is -0.496 e. The van der Waals surface area contributed by atoms with Gasteiger partial charge in [-0.25, -0.2) is 4.79 Å². The van der Waals surface area contributed by atoms with Crippen LogP contribution in [0.25, 0.3) is 11.1 Å². The van der Waals surface area contributed by atoms with Crippen molar-refractivity contribution in [3.05, 3.63) is 71.0 Å². The second-order valence-electron chi connectivity index (χ2n) is 11.5. The maximum Gasteiger partial charge on any atom is 0.533 e. The number of carbonyl (C=O) groups is 5. The zero-order valence-corrected chi connectivity index (χ0v) is 26.8. The molecule has 47 heavy (non-hydrogen) atoms. The second kappa shape index (κ2) is 17.0. The van der Waals surface area contributed by atoms with Gasteiger partial charge in [0.25, 0.3) is 11.8 Å². The molecule has 0 aromatic heterocycles. The van der Waals surface area contributed by atoms with E-state index in [1.165, 1.54) is 0 Å². The molecular formula is C35H41NO11. The summed E-state index contributed by atoms with van der Waals surface area (Å²) < 4.78 is 21.5. The van der Waals surface area contributed by atoms with Crippen LogP contribution in [0.1, 0.15) is 89.6 Å². The average Bonchev–Trinajstić information content (AvgIpc) is 3.54. The third-order valence-corrected chi connectivity index (χ3v) is 7.97. The lowest BCUT2D eigenvalue weighted by Crippen LogP contribution is -2.32. The largest absolute Gasteiger partial charge is 0.533 e. The maximum atomic E-state index is 13.1. The van der Waals surface area contributed by atoms with Gasteiger partial charge in [0.1, 0.15) is 19.0 Å². The van der Waals surface area contributed by atoms with E-state index in [2.05, 4.69) is 6.58 Å². The first-order valence-electron chi connectivity index (χ1n) is 15.7. The van der Waals surface area contributed by atoms with Crippen molar-refractivity contribution in [3.63, 3.8) is 0 Å². The van der Waals surface area contributed by atoms with Gasteiger partial charge in [0, 0.05) is 63.1 Å².